The number of rotatable bonds is 4. The van der Waals surface area contributed by atoms with E-state index in [1.807, 2.05) is 31.2 Å². The molecule has 0 unspecified atom stereocenters. The summed E-state index contributed by atoms with van der Waals surface area (Å²) in [6.07, 6.45) is 4.75. The van der Waals surface area contributed by atoms with Crippen molar-refractivity contribution in [2.45, 2.75) is 69.0 Å². The Bertz CT molecular complexity index is 1620. The van der Waals surface area contributed by atoms with Gasteiger partial charge in [0.15, 0.2) is 0 Å². The van der Waals surface area contributed by atoms with E-state index in [-0.39, 0.29) is 22.7 Å². The molecular weight excluding hydrogens is 498 g/mol. The van der Waals surface area contributed by atoms with E-state index in [1.165, 1.54) is 12.1 Å². The number of nitrogens with zero attached hydrogens (tertiary/aromatic N) is 3. The maximum Gasteiger partial charge on any atom is 0.269 e. The molecule has 0 bridgehead atoms. The van der Waals surface area contributed by atoms with Crippen molar-refractivity contribution in [3.8, 4) is 0 Å². The molecule has 0 N–H and O–H groups in total. The van der Waals surface area contributed by atoms with Gasteiger partial charge in [-0.2, -0.15) is 4.31 Å². The fraction of sp³-hybridized carbons (Fsp3) is 0.333. The smallest absolute Gasteiger partial charge is 0.269 e. The molecule has 1 fully saturated rings. The first-order valence-corrected chi connectivity index (χ1v) is 14.7. The van der Waals surface area contributed by atoms with Gasteiger partial charge in [-0.1, -0.05) is 67.3 Å². The molecule has 3 aromatic carbocycles. The summed E-state index contributed by atoms with van der Waals surface area (Å²) in [7, 11) is -3.90. The number of aromatic nitrogens is 1. The first-order valence-electron chi connectivity index (χ1n) is 13.2. The maximum absolute atomic E-state index is 14.6. The standard InChI is InChI=1S/C30H31N3O4S/c1-20-12-18-24(19-13-20)38(36,37)32-28-11-5-3-4-10-27(28)31-26-9-7-6-8-25(26)21(2)29(31)30(32)22-14-16-23(17-15-22)33(34)35/h6-9,12-19,27-28,30H,3-5,10-11H2,1-2H3/t27-,28-,30+/m1/s1. The molecule has 7 nitrogen and oxygen atoms in total. The van der Waals surface area contributed by atoms with E-state index in [1.54, 1.807) is 28.6 Å². The molecule has 1 aromatic heterocycles. The fourth-order valence-corrected chi connectivity index (χ4v) is 8.38. The molecule has 6 rings (SSSR count). The molecule has 4 aromatic rings. The average molecular weight is 530 g/mol. The second kappa shape index (κ2) is 9.36. The Kier molecular flexibility index (Phi) is 6.12. The first kappa shape index (κ1) is 24.8. The van der Waals surface area contributed by atoms with E-state index in [2.05, 4.69) is 23.6 Å². The minimum atomic E-state index is -3.90. The molecule has 2 heterocycles. The van der Waals surface area contributed by atoms with E-state index >= 15 is 0 Å². The number of sulfonamides is 1. The van der Waals surface area contributed by atoms with E-state index in [0.29, 0.717) is 0 Å². The van der Waals surface area contributed by atoms with Crippen LogP contribution in [0.2, 0.25) is 0 Å². The highest BCUT2D eigenvalue weighted by molar-refractivity contribution is 7.89. The van der Waals surface area contributed by atoms with Crippen LogP contribution in [0.25, 0.3) is 10.9 Å². The van der Waals surface area contributed by atoms with Crippen molar-refractivity contribution >= 4 is 26.6 Å². The Morgan fingerprint density at radius 1 is 0.842 bits per heavy atom. The van der Waals surface area contributed by atoms with E-state index < -0.39 is 21.0 Å². The maximum atomic E-state index is 14.6. The molecule has 38 heavy (non-hydrogen) atoms. The van der Waals surface area contributed by atoms with Crippen molar-refractivity contribution in [1.29, 1.82) is 0 Å². The van der Waals surface area contributed by atoms with Gasteiger partial charge in [0.1, 0.15) is 0 Å². The topological polar surface area (TPSA) is 85.4 Å². The predicted octanol–water partition coefficient (Wildman–Crippen LogP) is 6.83. The second-order valence-corrected chi connectivity index (χ2v) is 12.4. The Balaban J connectivity index is 1.66. The zero-order valence-electron chi connectivity index (χ0n) is 21.6. The fourth-order valence-electron chi connectivity index (χ4n) is 6.55. The summed E-state index contributed by atoms with van der Waals surface area (Å²) in [6.45, 7) is 4.01. The summed E-state index contributed by atoms with van der Waals surface area (Å²) in [6, 6.07) is 20.9. The van der Waals surface area contributed by atoms with E-state index in [0.717, 1.165) is 65.4 Å². The molecule has 0 radical (unpaired) electrons. The van der Waals surface area contributed by atoms with Crippen molar-refractivity contribution in [3.05, 3.63) is 105 Å². The largest absolute Gasteiger partial charge is 0.338 e. The van der Waals surface area contributed by atoms with Crippen LogP contribution in [0, 0.1) is 24.0 Å². The zero-order chi connectivity index (χ0) is 26.6. The predicted molar refractivity (Wildman–Crippen MR) is 148 cm³/mol. The normalized spacial score (nSPS) is 22.0. The number of benzene rings is 3. The van der Waals surface area contributed by atoms with Crippen LogP contribution in [0.15, 0.2) is 77.7 Å². The van der Waals surface area contributed by atoms with Crippen molar-refractivity contribution in [2.75, 3.05) is 0 Å². The number of nitro groups is 1. The third kappa shape index (κ3) is 3.85. The SMILES string of the molecule is Cc1ccc(S(=O)(=O)N2[C@@H](c3ccc([N+](=O)[O-])cc3)c3c(C)c4ccccc4n3[C@@H]3CCCCC[C@H]32)cc1. The van der Waals surface area contributed by atoms with Crippen LogP contribution < -0.4 is 0 Å². The van der Waals surface area contributed by atoms with Crippen LogP contribution in [0.5, 0.6) is 0 Å². The highest BCUT2D eigenvalue weighted by atomic mass is 32.2. The lowest BCUT2D eigenvalue weighted by Gasteiger charge is -2.47. The van der Waals surface area contributed by atoms with Gasteiger partial charge in [0.2, 0.25) is 10.0 Å². The van der Waals surface area contributed by atoms with Gasteiger partial charge in [-0.15, -0.1) is 0 Å². The van der Waals surface area contributed by atoms with Gasteiger partial charge >= 0.3 is 0 Å². The number of aryl methyl sites for hydroxylation is 2. The van der Waals surface area contributed by atoms with Crippen LogP contribution in [-0.4, -0.2) is 28.3 Å². The Morgan fingerprint density at radius 2 is 1.50 bits per heavy atom. The lowest BCUT2D eigenvalue weighted by atomic mass is 9.91. The third-order valence-corrected chi connectivity index (χ3v) is 10.2. The van der Waals surface area contributed by atoms with Crippen LogP contribution >= 0.6 is 0 Å². The molecular formula is C30H31N3O4S. The van der Waals surface area contributed by atoms with Gasteiger partial charge < -0.3 is 4.57 Å². The molecule has 1 aliphatic heterocycles. The summed E-state index contributed by atoms with van der Waals surface area (Å²) >= 11 is 0. The molecule has 0 amide bonds. The summed E-state index contributed by atoms with van der Waals surface area (Å²) in [4.78, 5) is 11.3. The molecule has 2 aliphatic rings. The monoisotopic (exact) mass is 529 g/mol. The number of hydrogen-bond acceptors (Lipinski definition) is 4. The van der Waals surface area contributed by atoms with Crippen molar-refractivity contribution in [2.24, 2.45) is 0 Å². The highest BCUT2D eigenvalue weighted by Gasteiger charge is 2.49. The minimum absolute atomic E-state index is 0.0119. The second-order valence-electron chi connectivity index (χ2n) is 10.6. The van der Waals surface area contributed by atoms with E-state index in [4.69, 9.17) is 0 Å². The average Bonchev–Trinajstić information content (AvgIpc) is 3.05. The molecule has 0 saturated heterocycles. The van der Waals surface area contributed by atoms with Gasteiger partial charge in [-0.3, -0.25) is 10.1 Å². The Labute approximate surface area is 222 Å². The van der Waals surface area contributed by atoms with Crippen molar-refractivity contribution < 1.29 is 13.3 Å². The Morgan fingerprint density at radius 3 is 2.18 bits per heavy atom. The first-order chi connectivity index (χ1) is 18.3. The molecule has 8 heteroatoms. The quantitative estimate of drug-likeness (QED) is 0.214. The van der Waals surface area contributed by atoms with Crippen LogP contribution in [0.4, 0.5) is 5.69 Å². The van der Waals surface area contributed by atoms with Gasteiger partial charge in [0, 0.05) is 34.8 Å². The molecule has 3 atom stereocenters. The van der Waals surface area contributed by atoms with Crippen LogP contribution in [0.3, 0.4) is 0 Å². The number of non-ortho nitro benzene ring substituents is 1. The van der Waals surface area contributed by atoms with Gasteiger partial charge in [-0.05, 0) is 56.0 Å². The number of hydrogen-bond donors (Lipinski definition) is 0. The number of para-hydroxylation sites is 1. The number of fused-ring (bicyclic) bond motifs is 5. The summed E-state index contributed by atoms with van der Waals surface area (Å²) in [5.41, 5.74) is 4.85. The van der Waals surface area contributed by atoms with Gasteiger partial charge in [-0.25, -0.2) is 8.42 Å². The summed E-state index contributed by atoms with van der Waals surface area (Å²) in [5.74, 6) is 0. The van der Waals surface area contributed by atoms with Crippen molar-refractivity contribution in [3.63, 3.8) is 0 Å². The summed E-state index contributed by atoms with van der Waals surface area (Å²) < 4.78 is 33.3. The van der Waals surface area contributed by atoms with Crippen LogP contribution in [-0.2, 0) is 10.0 Å². The van der Waals surface area contributed by atoms with E-state index in [9.17, 15) is 18.5 Å². The third-order valence-electron chi connectivity index (χ3n) is 8.34. The summed E-state index contributed by atoms with van der Waals surface area (Å²) in [5, 5.41) is 12.5. The molecule has 1 saturated carbocycles. The van der Waals surface area contributed by atoms with Gasteiger partial charge in [0.25, 0.3) is 5.69 Å². The van der Waals surface area contributed by atoms with Crippen molar-refractivity contribution in [1.82, 2.24) is 8.87 Å². The molecule has 196 valence electrons. The Hall–Kier alpha value is -3.49. The van der Waals surface area contributed by atoms with Gasteiger partial charge in [0.05, 0.1) is 21.9 Å². The lowest BCUT2D eigenvalue weighted by Crippen LogP contribution is -2.51. The molecule has 0 spiro atoms. The minimum Gasteiger partial charge on any atom is -0.338 e. The van der Waals surface area contributed by atoms with Crippen LogP contribution in [0.1, 0.15) is 66.6 Å². The zero-order valence-corrected chi connectivity index (χ0v) is 22.4. The lowest BCUT2D eigenvalue weighted by molar-refractivity contribution is -0.384. The number of nitro benzene ring substituents is 1. The molecule has 1 aliphatic carbocycles. The highest BCUT2D eigenvalue weighted by Crippen LogP contribution is 2.50.